The number of aromatic nitrogens is 3. The number of fused-ring (bicyclic) bond motifs is 1. The van der Waals surface area contributed by atoms with E-state index in [4.69, 9.17) is 9.47 Å². The summed E-state index contributed by atoms with van der Waals surface area (Å²) in [5.41, 5.74) is 3.17. The van der Waals surface area contributed by atoms with Crippen molar-refractivity contribution in [3.63, 3.8) is 0 Å². The van der Waals surface area contributed by atoms with Crippen molar-refractivity contribution in [3.05, 3.63) is 89.7 Å². The molecule has 4 heterocycles. The molecule has 0 aliphatic carbocycles. The maximum atomic E-state index is 13.6. The maximum Gasteiger partial charge on any atom is 0.330 e. The van der Waals surface area contributed by atoms with E-state index in [1.807, 2.05) is 50.2 Å². The molecule has 0 radical (unpaired) electrons. The second-order valence-electron chi connectivity index (χ2n) is 10.8. The molecule has 2 N–H and O–H groups in total. The maximum absolute atomic E-state index is 13.6. The second-order valence-corrected chi connectivity index (χ2v) is 10.8. The lowest BCUT2D eigenvalue weighted by atomic mass is 10.1. The topological polar surface area (TPSA) is 134 Å². The Morgan fingerprint density at radius 2 is 1.84 bits per heavy atom. The van der Waals surface area contributed by atoms with Crippen molar-refractivity contribution in [2.45, 2.75) is 25.9 Å². The molecule has 6 rings (SSSR count). The third-order valence-corrected chi connectivity index (χ3v) is 6.95. The number of methoxy groups -OCH3 is 1. The number of carbonyl (C=O) groups excluding carboxylic acids is 2. The number of pyridine rings is 1. The summed E-state index contributed by atoms with van der Waals surface area (Å²) < 4.78 is 11.2. The van der Waals surface area contributed by atoms with E-state index in [-0.39, 0.29) is 29.9 Å². The van der Waals surface area contributed by atoms with Crippen LogP contribution in [0.1, 0.15) is 35.3 Å². The van der Waals surface area contributed by atoms with Gasteiger partial charge in [0, 0.05) is 35.6 Å². The van der Waals surface area contributed by atoms with E-state index in [0.717, 1.165) is 16.8 Å². The molecule has 0 saturated carbocycles. The van der Waals surface area contributed by atoms with Gasteiger partial charge in [-0.25, -0.2) is 19.8 Å². The standard InChI is InChI=1S/C31H30N8O4/c1-31(2)18-43-27(37-31)20-10-8-9-19(13-20)26(40)34-23-14-24(28(42-4)32-16-23)39-17-21-15-33-29(35-22-11-6-5-7-12-22)36-25(21)38(3)30(39)41/h5-16H,17-18H2,1-4H3,(H,34,40)(H,33,35,36). The van der Waals surface area contributed by atoms with E-state index in [1.165, 1.54) is 23.1 Å². The van der Waals surface area contributed by atoms with Crippen LogP contribution in [0.4, 0.5) is 33.6 Å². The number of anilines is 5. The number of nitrogens with one attached hydrogen (secondary N) is 2. The molecule has 4 aromatic rings. The summed E-state index contributed by atoms with van der Waals surface area (Å²) in [6.45, 7) is 4.63. The third kappa shape index (κ3) is 5.67. The molecule has 2 aliphatic rings. The van der Waals surface area contributed by atoms with Gasteiger partial charge >= 0.3 is 6.03 Å². The Balaban J connectivity index is 1.24. The molecule has 2 aliphatic heterocycles. The van der Waals surface area contributed by atoms with Crippen molar-refractivity contribution in [1.82, 2.24) is 15.0 Å². The molecule has 12 heteroatoms. The molecule has 0 fully saturated rings. The molecule has 0 saturated heterocycles. The summed E-state index contributed by atoms with van der Waals surface area (Å²) in [4.78, 5) is 47.7. The number of hydrogen-bond acceptors (Lipinski definition) is 9. The summed E-state index contributed by atoms with van der Waals surface area (Å²) in [6.07, 6.45) is 3.16. The number of urea groups is 1. The van der Waals surface area contributed by atoms with Crippen LogP contribution in [0.2, 0.25) is 0 Å². The van der Waals surface area contributed by atoms with Crippen LogP contribution in [-0.2, 0) is 11.3 Å². The molecule has 0 unspecified atom stereocenters. The highest BCUT2D eigenvalue weighted by Gasteiger charge is 2.33. The molecule has 218 valence electrons. The Labute approximate surface area is 248 Å². The summed E-state index contributed by atoms with van der Waals surface area (Å²) in [5, 5.41) is 6.03. The number of benzene rings is 2. The fourth-order valence-electron chi connectivity index (χ4n) is 4.80. The summed E-state index contributed by atoms with van der Waals surface area (Å²) in [5.74, 6) is 1.25. The lowest BCUT2D eigenvalue weighted by molar-refractivity contribution is 0.102. The Bertz CT molecular complexity index is 1740. The first-order valence-corrected chi connectivity index (χ1v) is 13.6. The van der Waals surface area contributed by atoms with Gasteiger partial charge in [-0.1, -0.05) is 24.3 Å². The first-order chi connectivity index (χ1) is 20.7. The number of aliphatic imine (C=N–C) groups is 1. The van der Waals surface area contributed by atoms with E-state index >= 15 is 0 Å². The van der Waals surface area contributed by atoms with E-state index in [1.54, 1.807) is 37.5 Å². The first kappa shape index (κ1) is 27.6. The Morgan fingerprint density at radius 1 is 1.02 bits per heavy atom. The van der Waals surface area contributed by atoms with Crippen molar-refractivity contribution >= 4 is 46.7 Å². The summed E-state index contributed by atoms with van der Waals surface area (Å²) in [7, 11) is 3.12. The van der Waals surface area contributed by atoms with Crippen LogP contribution in [0.15, 0.2) is 78.0 Å². The highest BCUT2D eigenvalue weighted by atomic mass is 16.5. The number of hydrogen-bond donors (Lipinski definition) is 2. The first-order valence-electron chi connectivity index (χ1n) is 13.6. The van der Waals surface area contributed by atoms with Crippen molar-refractivity contribution < 1.29 is 19.1 Å². The molecule has 2 aromatic carbocycles. The van der Waals surface area contributed by atoms with Gasteiger partial charge in [-0.3, -0.25) is 14.6 Å². The smallest absolute Gasteiger partial charge is 0.330 e. The van der Waals surface area contributed by atoms with E-state index in [2.05, 4.69) is 30.6 Å². The zero-order valence-corrected chi connectivity index (χ0v) is 24.2. The fourth-order valence-corrected chi connectivity index (χ4v) is 4.80. The van der Waals surface area contributed by atoms with Crippen molar-refractivity contribution in [2.24, 2.45) is 4.99 Å². The van der Waals surface area contributed by atoms with Crippen LogP contribution in [0, 0.1) is 0 Å². The average Bonchev–Trinajstić information content (AvgIpc) is 3.39. The summed E-state index contributed by atoms with van der Waals surface area (Å²) >= 11 is 0. The SMILES string of the molecule is COc1ncc(NC(=O)c2cccc(C3=NC(C)(C)CO3)c2)cc1N1Cc2cnc(Nc3ccccc3)nc2N(C)C1=O. The van der Waals surface area contributed by atoms with Gasteiger partial charge < -0.3 is 20.1 Å². The van der Waals surface area contributed by atoms with Crippen LogP contribution in [0.3, 0.4) is 0 Å². The molecule has 2 aromatic heterocycles. The third-order valence-electron chi connectivity index (χ3n) is 6.95. The number of rotatable bonds is 7. The summed E-state index contributed by atoms with van der Waals surface area (Å²) in [6, 6.07) is 17.9. The fraction of sp³-hybridized carbons (Fsp3) is 0.226. The number of nitrogens with zero attached hydrogens (tertiary/aromatic N) is 6. The van der Waals surface area contributed by atoms with E-state index in [9.17, 15) is 9.59 Å². The van der Waals surface area contributed by atoms with Gasteiger partial charge in [-0.2, -0.15) is 4.98 Å². The van der Waals surface area contributed by atoms with Crippen LogP contribution in [0.25, 0.3) is 0 Å². The lowest BCUT2D eigenvalue weighted by Gasteiger charge is -2.34. The number of ether oxygens (including phenoxy) is 2. The predicted octanol–water partition coefficient (Wildman–Crippen LogP) is 5.01. The van der Waals surface area contributed by atoms with Crippen molar-refractivity contribution in [3.8, 4) is 5.88 Å². The van der Waals surface area contributed by atoms with Gasteiger partial charge in [0.15, 0.2) is 0 Å². The average molecular weight is 579 g/mol. The monoisotopic (exact) mass is 578 g/mol. The van der Waals surface area contributed by atoms with E-state index < -0.39 is 0 Å². The van der Waals surface area contributed by atoms with Gasteiger partial charge in [-0.15, -0.1) is 0 Å². The highest BCUT2D eigenvalue weighted by Crippen LogP contribution is 2.36. The van der Waals surface area contributed by atoms with Crippen LogP contribution < -0.4 is 25.2 Å². The van der Waals surface area contributed by atoms with Crippen LogP contribution >= 0.6 is 0 Å². The zero-order chi connectivity index (χ0) is 30.1. The molecule has 3 amide bonds. The van der Waals surface area contributed by atoms with E-state index in [0.29, 0.717) is 41.2 Å². The molecular formula is C31H30N8O4. The van der Waals surface area contributed by atoms with Gasteiger partial charge in [0.2, 0.25) is 17.7 Å². The number of para-hydroxylation sites is 1. The van der Waals surface area contributed by atoms with Crippen molar-refractivity contribution in [2.75, 3.05) is 41.2 Å². The minimum absolute atomic E-state index is 0.181. The minimum Gasteiger partial charge on any atom is -0.480 e. The quantitative estimate of drug-likeness (QED) is 0.313. The van der Waals surface area contributed by atoms with Crippen LogP contribution in [0.5, 0.6) is 5.88 Å². The molecule has 43 heavy (non-hydrogen) atoms. The minimum atomic E-state index is -0.350. The molecule has 0 atom stereocenters. The number of carbonyl (C=O) groups is 2. The Kier molecular flexibility index (Phi) is 7.10. The molecule has 12 nitrogen and oxygen atoms in total. The second kappa shape index (κ2) is 11.0. The van der Waals surface area contributed by atoms with Crippen molar-refractivity contribution in [1.29, 1.82) is 0 Å². The predicted molar refractivity (Wildman–Crippen MR) is 163 cm³/mol. The molecule has 0 spiro atoms. The van der Waals surface area contributed by atoms with Gasteiger partial charge in [0.25, 0.3) is 5.91 Å². The highest BCUT2D eigenvalue weighted by molar-refractivity contribution is 6.08. The van der Waals surface area contributed by atoms with Gasteiger partial charge in [0.05, 0.1) is 31.1 Å². The number of amides is 3. The van der Waals surface area contributed by atoms with Gasteiger partial charge in [-0.05, 0) is 50.2 Å². The largest absolute Gasteiger partial charge is 0.480 e. The van der Waals surface area contributed by atoms with Gasteiger partial charge in [0.1, 0.15) is 18.1 Å². The normalized spacial score (nSPS) is 15.3. The van der Waals surface area contributed by atoms with Crippen LogP contribution in [-0.4, -0.2) is 59.1 Å². The Hall–Kier alpha value is -5.52. The lowest BCUT2D eigenvalue weighted by Crippen LogP contribution is -2.46. The molecular weight excluding hydrogens is 548 g/mol. The zero-order valence-electron chi connectivity index (χ0n) is 24.2. The molecule has 0 bridgehead atoms. The Morgan fingerprint density at radius 3 is 2.58 bits per heavy atom.